The fraction of sp³-hybridized carbons (Fsp3) is 0.158. The summed E-state index contributed by atoms with van der Waals surface area (Å²) in [6, 6.07) is 10.6. The van der Waals surface area contributed by atoms with Crippen molar-refractivity contribution in [3.63, 3.8) is 0 Å². The minimum Gasteiger partial charge on any atom is -0.345 e. The van der Waals surface area contributed by atoms with Gasteiger partial charge >= 0.3 is 0 Å². The monoisotopic (exact) mass is 347 g/mol. The Hall–Kier alpha value is -3.48. The summed E-state index contributed by atoms with van der Waals surface area (Å²) >= 11 is 0. The topological polar surface area (TPSA) is 92.7 Å². The van der Waals surface area contributed by atoms with E-state index < -0.39 is 0 Å². The number of carbonyl (C=O) groups is 1. The molecule has 0 aliphatic carbocycles. The van der Waals surface area contributed by atoms with Gasteiger partial charge in [0, 0.05) is 17.8 Å². The van der Waals surface area contributed by atoms with Crippen LogP contribution in [0.3, 0.4) is 0 Å². The normalized spacial score (nSPS) is 11.2. The summed E-state index contributed by atoms with van der Waals surface area (Å²) < 4.78 is 1.66. The van der Waals surface area contributed by atoms with Crippen LogP contribution in [0.25, 0.3) is 22.1 Å². The lowest BCUT2D eigenvalue weighted by atomic mass is 10.1. The fourth-order valence-electron chi connectivity index (χ4n) is 3.05. The molecule has 2 aromatic carbocycles. The molecule has 0 bridgehead atoms. The van der Waals surface area contributed by atoms with Crippen LogP contribution in [-0.4, -0.2) is 25.4 Å². The zero-order valence-electron chi connectivity index (χ0n) is 14.4. The molecule has 26 heavy (non-hydrogen) atoms. The zero-order valence-corrected chi connectivity index (χ0v) is 14.4. The number of H-pyrrole nitrogens is 1. The summed E-state index contributed by atoms with van der Waals surface area (Å²) in [5.41, 5.74) is 4.51. The first-order chi connectivity index (χ1) is 12.6. The average Bonchev–Trinajstić information content (AvgIpc) is 3.10. The molecule has 4 rings (SSSR count). The summed E-state index contributed by atoms with van der Waals surface area (Å²) in [5, 5.41) is 2.88. The Labute approximate surface area is 148 Å². The van der Waals surface area contributed by atoms with Crippen LogP contribution in [0.15, 0.2) is 47.5 Å². The van der Waals surface area contributed by atoms with Crippen LogP contribution < -0.4 is 10.9 Å². The van der Waals surface area contributed by atoms with Crippen molar-refractivity contribution in [1.29, 1.82) is 0 Å². The Bertz CT molecular complexity index is 1210. The third kappa shape index (κ3) is 2.63. The molecule has 7 nitrogen and oxygen atoms in total. The van der Waals surface area contributed by atoms with E-state index in [0.29, 0.717) is 29.0 Å². The van der Waals surface area contributed by atoms with Crippen molar-refractivity contribution in [3.05, 3.63) is 64.3 Å². The third-order valence-corrected chi connectivity index (χ3v) is 4.37. The summed E-state index contributed by atoms with van der Waals surface area (Å²) in [5.74, 6) is -0.237. The van der Waals surface area contributed by atoms with E-state index in [0.717, 1.165) is 16.6 Å². The van der Waals surface area contributed by atoms with E-state index in [1.807, 2.05) is 19.1 Å². The van der Waals surface area contributed by atoms with Crippen LogP contribution in [0.4, 0.5) is 5.69 Å². The predicted octanol–water partition coefficient (Wildman–Crippen LogP) is 2.85. The lowest BCUT2D eigenvalue weighted by Gasteiger charge is -2.10. The highest BCUT2D eigenvalue weighted by molar-refractivity contribution is 6.06. The second-order valence-electron chi connectivity index (χ2n) is 6.04. The van der Waals surface area contributed by atoms with Crippen molar-refractivity contribution < 1.29 is 4.79 Å². The smallest absolute Gasteiger partial charge is 0.272 e. The van der Waals surface area contributed by atoms with E-state index in [-0.39, 0.29) is 11.5 Å². The summed E-state index contributed by atoms with van der Waals surface area (Å²) in [4.78, 5) is 36.3. The molecule has 1 amide bonds. The summed E-state index contributed by atoms with van der Waals surface area (Å²) in [7, 11) is 0. The number of aromatic amines is 1. The molecule has 0 aliphatic rings. The maximum atomic E-state index is 12.6. The molecule has 0 saturated carbocycles. The third-order valence-electron chi connectivity index (χ3n) is 4.37. The number of fused-ring (bicyclic) bond motifs is 2. The van der Waals surface area contributed by atoms with Gasteiger partial charge in [-0.2, -0.15) is 0 Å². The van der Waals surface area contributed by atoms with Crippen molar-refractivity contribution >= 4 is 33.7 Å². The number of hydrogen-bond acceptors (Lipinski definition) is 4. The summed E-state index contributed by atoms with van der Waals surface area (Å²) in [6.45, 7) is 4.14. The molecule has 0 unspecified atom stereocenters. The van der Waals surface area contributed by atoms with Gasteiger partial charge in [0.05, 0.1) is 28.4 Å². The van der Waals surface area contributed by atoms with E-state index >= 15 is 0 Å². The van der Waals surface area contributed by atoms with Gasteiger partial charge in [0.15, 0.2) is 0 Å². The lowest BCUT2D eigenvalue weighted by molar-refractivity contribution is 0.102. The molecular formula is C19H17N5O2. The van der Waals surface area contributed by atoms with Crippen molar-refractivity contribution in [3.8, 4) is 0 Å². The van der Waals surface area contributed by atoms with Crippen molar-refractivity contribution in [2.24, 2.45) is 0 Å². The molecule has 2 aromatic heterocycles. The van der Waals surface area contributed by atoms with Crippen LogP contribution in [-0.2, 0) is 6.54 Å². The second kappa shape index (κ2) is 6.11. The Kier molecular flexibility index (Phi) is 3.76. The Morgan fingerprint density at radius 2 is 2.04 bits per heavy atom. The number of nitrogens with one attached hydrogen (secondary N) is 2. The fourth-order valence-corrected chi connectivity index (χ4v) is 3.05. The van der Waals surface area contributed by atoms with E-state index in [9.17, 15) is 9.59 Å². The largest absolute Gasteiger partial charge is 0.345 e. The maximum Gasteiger partial charge on any atom is 0.272 e. The number of anilines is 1. The number of aryl methyl sites for hydroxylation is 2. The van der Waals surface area contributed by atoms with Gasteiger partial charge in [-0.3, -0.25) is 9.59 Å². The number of amides is 1. The quantitative estimate of drug-likeness (QED) is 0.596. The molecule has 2 heterocycles. The van der Waals surface area contributed by atoms with Gasteiger partial charge in [0.1, 0.15) is 5.69 Å². The van der Waals surface area contributed by atoms with E-state index in [1.165, 1.54) is 0 Å². The van der Waals surface area contributed by atoms with Crippen molar-refractivity contribution in [2.75, 3.05) is 5.32 Å². The predicted molar refractivity (Wildman–Crippen MR) is 100 cm³/mol. The van der Waals surface area contributed by atoms with Gasteiger partial charge in [-0.1, -0.05) is 0 Å². The van der Waals surface area contributed by atoms with Crippen LogP contribution in [0.1, 0.15) is 23.0 Å². The molecule has 0 saturated heterocycles. The molecular weight excluding hydrogens is 330 g/mol. The highest BCUT2D eigenvalue weighted by Crippen LogP contribution is 2.18. The molecule has 130 valence electrons. The number of nitrogens with zero attached hydrogens (tertiary/aromatic N) is 3. The van der Waals surface area contributed by atoms with Crippen LogP contribution in [0.5, 0.6) is 0 Å². The number of benzene rings is 2. The van der Waals surface area contributed by atoms with Crippen molar-refractivity contribution in [2.45, 2.75) is 20.4 Å². The first kappa shape index (κ1) is 16.0. The first-order valence-corrected chi connectivity index (χ1v) is 8.32. The van der Waals surface area contributed by atoms with Gasteiger partial charge in [0.2, 0.25) is 0 Å². The average molecular weight is 347 g/mol. The first-order valence-electron chi connectivity index (χ1n) is 8.32. The standard InChI is InChI=1S/C19H17N5O2/c1-3-24-17-7-4-12(8-16(17)22-11(2)19(24)26)18(25)23-13-5-6-14-15(9-13)21-10-20-14/h4-10H,3H2,1-2H3,(H,20,21)(H,23,25). The summed E-state index contributed by atoms with van der Waals surface area (Å²) in [6.07, 6.45) is 1.61. The highest BCUT2D eigenvalue weighted by Gasteiger charge is 2.12. The van der Waals surface area contributed by atoms with Gasteiger partial charge < -0.3 is 14.9 Å². The zero-order chi connectivity index (χ0) is 18.3. The Morgan fingerprint density at radius 3 is 2.85 bits per heavy atom. The number of carbonyl (C=O) groups excluding carboxylic acids is 1. The molecule has 0 aliphatic heterocycles. The molecule has 0 spiro atoms. The lowest BCUT2D eigenvalue weighted by Crippen LogP contribution is -2.23. The number of rotatable bonds is 3. The second-order valence-corrected chi connectivity index (χ2v) is 6.04. The van der Waals surface area contributed by atoms with E-state index in [4.69, 9.17) is 0 Å². The highest BCUT2D eigenvalue weighted by atomic mass is 16.1. The van der Waals surface area contributed by atoms with Gasteiger partial charge in [-0.05, 0) is 50.2 Å². The van der Waals surface area contributed by atoms with E-state index in [1.54, 1.807) is 42.1 Å². The molecule has 7 heteroatoms. The van der Waals surface area contributed by atoms with Gasteiger partial charge in [-0.25, -0.2) is 9.97 Å². The Balaban J connectivity index is 1.70. The van der Waals surface area contributed by atoms with Crippen LogP contribution in [0, 0.1) is 6.92 Å². The number of imidazole rings is 1. The minimum atomic E-state index is -0.237. The molecule has 4 aromatic rings. The van der Waals surface area contributed by atoms with Gasteiger partial charge in [-0.15, -0.1) is 0 Å². The molecule has 2 N–H and O–H groups in total. The molecule has 0 fully saturated rings. The van der Waals surface area contributed by atoms with Crippen LogP contribution >= 0.6 is 0 Å². The minimum absolute atomic E-state index is 0.106. The van der Waals surface area contributed by atoms with Crippen LogP contribution in [0.2, 0.25) is 0 Å². The number of aromatic nitrogens is 4. The van der Waals surface area contributed by atoms with Crippen molar-refractivity contribution in [1.82, 2.24) is 19.5 Å². The SMILES string of the molecule is CCn1c(=O)c(C)nc2cc(C(=O)Nc3ccc4nc[nH]c4c3)ccc21. The molecule has 0 radical (unpaired) electrons. The molecule has 0 atom stereocenters. The van der Waals surface area contributed by atoms with E-state index in [2.05, 4.69) is 20.3 Å². The maximum absolute atomic E-state index is 12.6. The number of hydrogen-bond donors (Lipinski definition) is 2. The Morgan fingerprint density at radius 1 is 1.19 bits per heavy atom. The van der Waals surface area contributed by atoms with Gasteiger partial charge in [0.25, 0.3) is 11.5 Å².